The van der Waals surface area contributed by atoms with Gasteiger partial charge < -0.3 is 5.11 Å². The van der Waals surface area contributed by atoms with Crippen molar-refractivity contribution >= 4 is 21.9 Å². The second-order valence-corrected chi connectivity index (χ2v) is 3.68. The van der Waals surface area contributed by atoms with Gasteiger partial charge in [-0.05, 0) is 34.8 Å². The largest absolute Gasteiger partial charge is 0.481 e. The van der Waals surface area contributed by atoms with Gasteiger partial charge in [-0.2, -0.15) is 0 Å². The average molecular weight is 262 g/mol. The lowest BCUT2D eigenvalue weighted by Gasteiger charge is -2.01. The van der Waals surface area contributed by atoms with E-state index in [2.05, 4.69) is 20.9 Å². The Morgan fingerprint density at radius 3 is 2.93 bits per heavy atom. The van der Waals surface area contributed by atoms with Crippen molar-refractivity contribution in [3.8, 4) is 0 Å². The van der Waals surface area contributed by atoms with Gasteiger partial charge in [0.25, 0.3) is 0 Å². The molecular formula is C9H9BrFNO2. The summed E-state index contributed by atoms with van der Waals surface area (Å²) in [4.78, 5) is 14.1. The number of aromatic nitrogens is 1. The highest BCUT2D eigenvalue weighted by atomic mass is 79.9. The summed E-state index contributed by atoms with van der Waals surface area (Å²) in [5.74, 6) is -1.23. The molecule has 1 N–H and O–H groups in total. The Labute approximate surface area is 89.1 Å². The Hall–Kier alpha value is -0.970. The summed E-state index contributed by atoms with van der Waals surface area (Å²) in [6, 6.07) is 1.32. The van der Waals surface area contributed by atoms with E-state index in [1.807, 2.05) is 0 Å². The van der Waals surface area contributed by atoms with E-state index in [0.717, 1.165) is 6.20 Å². The van der Waals surface area contributed by atoms with Gasteiger partial charge in [0.15, 0.2) is 0 Å². The minimum Gasteiger partial charge on any atom is -0.481 e. The van der Waals surface area contributed by atoms with Crippen LogP contribution in [0, 0.1) is 5.82 Å². The molecule has 1 rings (SSSR count). The van der Waals surface area contributed by atoms with Crippen LogP contribution in [0.25, 0.3) is 0 Å². The smallest absolute Gasteiger partial charge is 0.303 e. The van der Waals surface area contributed by atoms with Crippen LogP contribution in [0.1, 0.15) is 18.5 Å². The first-order valence-corrected chi connectivity index (χ1v) is 4.90. The zero-order chi connectivity index (χ0) is 10.6. The standard InChI is InChI=1S/C9H9BrFNO2/c10-7-4-6(11)5-12-8(7)2-1-3-9(13)14/h4-5H,1-3H2,(H,13,14). The second kappa shape index (κ2) is 5.05. The van der Waals surface area contributed by atoms with Crippen molar-refractivity contribution in [1.82, 2.24) is 4.98 Å². The number of aryl methyl sites for hydroxylation is 1. The quantitative estimate of drug-likeness (QED) is 0.906. The molecule has 0 aromatic carbocycles. The van der Waals surface area contributed by atoms with E-state index in [4.69, 9.17) is 5.11 Å². The molecule has 0 aliphatic heterocycles. The maximum absolute atomic E-state index is 12.6. The normalized spacial score (nSPS) is 10.1. The first-order chi connectivity index (χ1) is 6.59. The maximum Gasteiger partial charge on any atom is 0.303 e. The van der Waals surface area contributed by atoms with E-state index >= 15 is 0 Å². The molecule has 1 heterocycles. The van der Waals surface area contributed by atoms with E-state index in [9.17, 15) is 9.18 Å². The molecule has 0 aliphatic carbocycles. The fraction of sp³-hybridized carbons (Fsp3) is 0.333. The van der Waals surface area contributed by atoms with Gasteiger partial charge in [-0.15, -0.1) is 0 Å². The van der Waals surface area contributed by atoms with Gasteiger partial charge in [0.2, 0.25) is 0 Å². The van der Waals surface area contributed by atoms with Crippen LogP contribution in [-0.2, 0) is 11.2 Å². The molecule has 0 spiro atoms. The number of rotatable bonds is 4. The molecule has 0 saturated heterocycles. The van der Waals surface area contributed by atoms with E-state index < -0.39 is 11.8 Å². The summed E-state index contributed by atoms with van der Waals surface area (Å²) in [5.41, 5.74) is 0.688. The molecular weight excluding hydrogens is 253 g/mol. The molecule has 1 aromatic rings. The molecule has 0 saturated carbocycles. The highest BCUT2D eigenvalue weighted by Gasteiger charge is 2.04. The summed E-state index contributed by atoms with van der Waals surface area (Å²) in [6.45, 7) is 0. The topological polar surface area (TPSA) is 50.2 Å². The van der Waals surface area contributed by atoms with Crippen molar-refractivity contribution in [3.63, 3.8) is 0 Å². The van der Waals surface area contributed by atoms with Crippen LogP contribution in [0.2, 0.25) is 0 Å². The molecule has 0 amide bonds. The summed E-state index contributed by atoms with van der Waals surface area (Å²) >= 11 is 3.16. The first-order valence-electron chi connectivity index (χ1n) is 4.11. The lowest BCUT2D eigenvalue weighted by atomic mass is 10.2. The number of pyridine rings is 1. The van der Waals surface area contributed by atoms with Gasteiger partial charge in [-0.3, -0.25) is 9.78 Å². The zero-order valence-corrected chi connectivity index (χ0v) is 8.92. The lowest BCUT2D eigenvalue weighted by Crippen LogP contribution is -1.98. The van der Waals surface area contributed by atoms with Gasteiger partial charge in [0, 0.05) is 10.9 Å². The summed E-state index contributed by atoms with van der Waals surface area (Å²) < 4.78 is 13.2. The van der Waals surface area contributed by atoms with Crippen LogP contribution < -0.4 is 0 Å². The Balaban J connectivity index is 2.55. The highest BCUT2D eigenvalue weighted by Crippen LogP contribution is 2.17. The van der Waals surface area contributed by atoms with Crippen LogP contribution in [0.4, 0.5) is 4.39 Å². The number of halogens is 2. The summed E-state index contributed by atoms with van der Waals surface area (Å²) in [6.07, 6.45) is 2.27. The molecule has 14 heavy (non-hydrogen) atoms. The number of carbonyl (C=O) groups is 1. The van der Waals surface area contributed by atoms with E-state index in [-0.39, 0.29) is 6.42 Å². The van der Waals surface area contributed by atoms with Crippen molar-refractivity contribution in [1.29, 1.82) is 0 Å². The number of hydrogen-bond acceptors (Lipinski definition) is 2. The van der Waals surface area contributed by atoms with Gasteiger partial charge in [-0.25, -0.2) is 4.39 Å². The summed E-state index contributed by atoms with van der Waals surface area (Å²) in [5, 5.41) is 8.41. The molecule has 0 atom stereocenters. The molecule has 3 nitrogen and oxygen atoms in total. The molecule has 76 valence electrons. The average Bonchev–Trinajstić information content (AvgIpc) is 2.08. The van der Waals surface area contributed by atoms with Crippen molar-refractivity contribution in [3.05, 3.63) is 28.2 Å². The second-order valence-electron chi connectivity index (χ2n) is 2.83. The third kappa shape index (κ3) is 3.41. The Bertz CT molecular complexity index is 344. The van der Waals surface area contributed by atoms with Gasteiger partial charge in [0.05, 0.1) is 11.9 Å². The van der Waals surface area contributed by atoms with Gasteiger partial charge in [-0.1, -0.05) is 0 Å². The zero-order valence-electron chi connectivity index (χ0n) is 7.33. The molecule has 0 unspecified atom stereocenters. The van der Waals surface area contributed by atoms with Crippen LogP contribution in [0.15, 0.2) is 16.7 Å². The predicted molar refractivity (Wildman–Crippen MR) is 52.5 cm³/mol. The fourth-order valence-corrected chi connectivity index (χ4v) is 1.55. The Kier molecular flexibility index (Phi) is 4.00. The predicted octanol–water partition coefficient (Wildman–Crippen LogP) is 2.39. The number of aliphatic carboxylic acids is 1. The van der Waals surface area contributed by atoms with Crippen LogP contribution in [0.3, 0.4) is 0 Å². The number of hydrogen-bond donors (Lipinski definition) is 1. The number of carboxylic acids is 1. The van der Waals surface area contributed by atoms with Crippen molar-refractivity contribution < 1.29 is 14.3 Å². The summed E-state index contributed by atoms with van der Waals surface area (Å²) in [7, 11) is 0. The maximum atomic E-state index is 12.6. The van der Waals surface area contributed by atoms with E-state index in [1.165, 1.54) is 6.07 Å². The molecule has 1 aromatic heterocycles. The molecule has 0 fully saturated rings. The van der Waals surface area contributed by atoms with Crippen LogP contribution >= 0.6 is 15.9 Å². The van der Waals surface area contributed by atoms with Crippen molar-refractivity contribution in [2.75, 3.05) is 0 Å². The van der Waals surface area contributed by atoms with E-state index in [0.29, 0.717) is 23.0 Å². The van der Waals surface area contributed by atoms with Gasteiger partial charge >= 0.3 is 5.97 Å². The Morgan fingerprint density at radius 2 is 2.36 bits per heavy atom. The van der Waals surface area contributed by atoms with Crippen molar-refractivity contribution in [2.45, 2.75) is 19.3 Å². The SMILES string of the molecule is O=C(O)CCCc1ncc(F)cc1Br. The van der Waals surface area contributed by atoms with E-state index in [1.54, 1.807) is 0 Å². The number of carboxylic acid groups (broad SMARTS) is 1. The van der Waals surface area contributed by atoms with Gasteiger partial charge in [0.1, 0.15) is 5.82 Å². The van der Waals surface area contributed by atoms with Crippen molar-refractivity contribution in [2.24, 2.45) is 0 Å². The lowest BCUT2D eigenvalue weighted by molar-refractivity contribution is -0.137. The molecule has 0 aliphatic rings. The monoisotopic (exact) mass is 261 g/mol. The minimum atomic E-state index is -0.830. The Morgan fingerprint density at radius 1 is 1.64 bits per heavy atom. The first kappa shape index (κ1) is 11.1. The van der Waals surface area contributed by atoms with Crippen LogP contribution in [-0.4, -0.2) is 16.1 Å². The third-order valence-corrected chi connectivity index (χ3v) is 2.37. The fourth-order valence-electron chi connectivity index (χ4n) is 1.03. The third-order valence-electron chi connectivity index (χ3n) is 1.69. The highest BCUT2D eigenvalue weighted by molar-refractivity contribution is 9.10. The van der Waals surface area contributed by atoms with Crippen LogP contribution in [0.5, 0.6) is 0 Å². The minimum absolute atomic E-state index is 0.103. The molecule has 0 radical (unpaired) electrons. The molecule has 5 heteroatoms. The molecule has 0 bridgehead atoms. The number of nitrogens with zero attached hydrogens (tertiary/aromatic N) is 1.